The van der Waals surface area contributed by atoms with E-state index in [-0.39, 0.29) is 11.9 Å². The Labute approximate surface area is 129 Å². The van der Waals surface area contributed by atoms with E-state index in [0.717, 1.165) is 43.0 Å². The maximum Gasteiger partial charge on any atom is 0.246 e. The number of amides is 1. The minimum Gasteiger partial charge on any atom is -0.378 e. The van der Waals surface area contributed by atoms with Crippen LogP contribution < -0.4 is 15.5 Å². The van der Waals surface area contributed by atoms with Crippen LogP contribution in [0.15, 0.2) is 12.1 Å². The van der Waals surface area contributed by atoms with Crippen LogP contribution in [0.3, 0.4) is 0 Å². The van der Waals surface area contributed by atoms with Gasteiger partial charge in [-0.2, -0.15) is 0 Å². The van der Waals surface area contributed by atoms with Crippen LogP contribution in [0.4, 0.5) is 11.4 Å². The summed E-state index contributed by atoms with van der Waals surface area (Å²) in [7, 11) is 0. The van der Waals surface area contributed by atoms with E-state index < -0.39 is 0 Å². The third-order valence-electron chi connectivity index (χ3n) is 3.90. The first kappa shape index (κ1) is 14.6. The molecular formula is C15H20ClN3O2. The van der Waals surface area contributed by atoms with Gasteiger partial charge in [-0.3, -0.25) is 4.79 Å². The lowest BCUT2D eigenvalue weighted by Crippen LogP contribution is -2.36. The van der Waals surface area contributed by atoms with Crippen molar-refractivity contribution in [3.63, 3.8) is 0 Å². The smallest absolute Gasteiger partial charge is 0.246 e. The van der Waals surface area contributed by atoms with Crippen LogP contribution in [-0.4, -0.2) is 38.8 Å². The van der Waals surface area contributed by atoms with Gasteiger partial charge in [0.05, 0.1) is 23.9 Å². The number of hydrogen-bond donors (Lipinski definition) is 2. The van der Waals surface area contributed by atoms with E-state index in [2.05, 4.69) is 22.5 Å². The van der Waals surface area contributed by atoms with E-state index in [1.54, 1.807) is 0 Å². The lowest BCUT2D eigenvalue weighted by atomic mass is 10.1. The Morgan fingerprint density at radius 2 is 2.19 bits per heavy atom. The second-order valence-electron chi connectivity index (χ2n) is 5.37. The summed E-state index contributed by atoms with van der Waals surface area (Å²) in [6.45, 7) is 5.95. The van der Waals surface area contributed by atoms with Gasteiger partial charge in [-0.05, 0) is 25.1 Å². The zero-order chi connectivity index (χ0) is 14.8. The second kappa shape index (κ2) is 6.22. The lowest BCUT2D eigenvalue weighted by Gasteiger charge is -2.30. The number of halogens is 1. The molecule has 114 valence electrons. The molecule has 0 spiro atoms. The van der Waals surface area contributed by atoms with Gasteiger partial charge < -0.3 is 20.3 Å². The van der Waals surface area contributed by atoms with E-state index in [1.807, 2.05) is 12.1 Å². The highest BCUT2D eigenvalue weighted by molar-refractivity contribution is 6.33. The number of anilines is 2. The normalized spacial score (nSPS) is 21.3. The third-order valence-corrected chi connectivity index (χ3v) is 4.20. The molecular weight excluding hydrogens is 290 g/mol. The largest absolute Gasteiger partial charge is 0.378 e. The van der Waals surface area contributed by atoms with E-state index >= 15 is 0 Å². The molecule has 1 aromatic carbocycles. The highest BCUT2D eigenvalue weighted by Gasteiger charge is 2.31. The van der Waals surface area contributed by atoms with Crippen molar-refractivity contribution in [2.75, 3.05) is 43.1 Å². The standard InChI is InChI=1S/C15H20ClN3O2/c1-2-3-17-14-10-8-11(16)13(9-12(10)18-15(14)20)19-4-6-21-7-5-19/h8-9,14,17H,2-7H2,1H3,(H,18,20). The molecule has 1 fully saturated rings. The molecule has 0 aliphatic carbocycles. The molecule has 1 saturated heterocycles. The molecule has 0 radical (unpaired) electrons. The molecule has 2 aliphatic rings. The van der Waals surface area contributed by atoms with Crippen molar-refractivity contribution in [2.24, 2.45) is 0 Å². The number of carbonyl (C=O) groups is 1. The summed E-state index contributed by atoms with van der Waals surface area (Å²) in [6, 6.07) is 3.60. The number of morpholine rings is 1. The van der Waals surface area contributed by atoms with Crippen molar-refractivity contribution in [1.29, 1.82) is 0 Å². The van der Waals surface area contributed by atoms with Crippen molar-refractivity contribution >= 4 is 28.9 Å². The SMILES string of the molecule is CCCNC1C(=O)Nc2cc(N3CCOCC3)c(Cl)cc21. The van der Waals surface area contributed by atoms with Gasteiger partial charge in [0.15, 0.2) is 0 Å². The predicted octanol–water partition coefficient (Wildman–Crippen LogP) is 2.17. The van der Waals surface area contributed by atoms with E-state index in [9.17, 15) is 4.79 Å². The fraction of sp³-hybridized carbons (Fsp3) is 0.533. The summed E-state index contributed by atoms with van der Waals surface area (Å²) in [4.78, 5) is 14.3. The number of benzene rings is 1. The topological polar surface area (TPSA) is 53.6 Å². The fourth-order valence-electron chi connectivity index (χ4n) is 2.81. The van der Waals surface area contributed by atoms with Gasteiger partial charge in [-0.25, -0.2) is 0 Å². The summed E-state index contributed by atoms with van der Waals surface area (Å²) in [5.41, 5.74) is 2.77. The molecule has 2 N–H and O–H groups in total. The first-order valence-corrected chi connectivity index (χ1v) is 7.79. The predicted molar refractivity (Wildman–Crippen MR) is 84.1 cm³/mol. The number of rotatable bonds is 4. The van der Waals surface area contributed by atoms with Crippen LogP contribution in [0, 0.1) is 0 Å². The Morgan fingerprint density at radius 3 is 2.90 bits per heavy atom. The summed E-state index contributed by atoms with van der Waals surface area (Å²) >= 11 is 6.44. The van der Waals surface area contributed by atoms with Gasteiger partial charge in [0.2, 0.25) is 5.91 Å². The molecule has 1 aromatic rings. The van der Waals surface area contributed by atoms with Gasteiger partial charge in [-0.1, -0.05) is 18.5 Å². The molecule has 21 heavy (non-hydrogen) atoms. The van der Waals surface area contributed by atoms with Gasteiger partial charge in [-0.15, -0.1) is 0 Å². The zero-order valence-electron chi connectivity index (χ0n) is 12.1. The Morgan fingerprint density at radius 1 is 1.43 bits per heavy atom. The summed E-state index contributed by atoms with van der Waals surface area (Å²) in [5.74, 6) is -0.00589. The van der Waals surface area contributed by atoms with Gasteiger partial charge >= 0.3 is 0 Å². The molecule has 3 rings (SSSR count). The fourth-order valence-corrected chi connectivity index (χ4v) is 3.10. The molecule has 5 nitrogen and oxygen atoms in total. The molecule has 0 bridgehead atoms. The Hall–Kier alpha value is -1.30. The average molecular weight is 310 g/mol. The Kier molecular flexibility index (Phi) is 4.33. The summed E-state index contributed by atoms with van der Waals surface area (Å²) in [5, 5.41) is 6.89. The number of fused-ring (bicyclic) bond motifs is 1. The number of carbonyl (C=O) groups excluding carboxylic acids is 1. The van der Waals surface area contributed by atoms with E-state index in [1.165, 1.54) is 0 Å². The minimum absolute atomic E-state index is 0.00589. The monoisotopic (exact) mass is 309 g/mol. The van der Waals surface area contributed by atoms with Crippen LogP contribution in [-0.2, 0) is 9.53 Å². The molecule has 0 saturated carbocycles. The molecule has 2 aliphatic heterocycles. The van der Waals surface area contributed by atoms with Gasteiger partial charge in [0.25, 0.3) is 0 Å². The maximum atomic E-state index is 12.1. The third kappa shape index (κ3) is 2.86. The molecule has 1 amide bonds. The maximum absolute atomic E-state index is 12.1. The zero-order valence-corrected chi connectivity index (χ0v) is 12.9. The Balaban J connectivity index is 1.88. The van der Waals surface area contributed by atoms with Crippen LogP contribution in [0.5, 0.6) is 0 Å². The quantitative estimate of drug-likeness (QED) is 0.895. The first-order chi connectivity index (χ1) is 10.2. The van der Waals surface area contributed by atoms with Crippen LogP contribution >= 0.6 is 11.6 Å². The van der Waals surface area contributed by atoms with Crippen molar-refractivity contribution in [1.82, 2.24) is 5.32 Å². The summed E-state index contributed by atoms with van der Waals surface area (Å²) < 4.78 is 5.37. The molecule has 2 heterocycles. The van der Waals surface area contributed by atoms with Crippen LogP contribution in [0.25, 0.3) is 0 Å². The van der Waals surface area contributed by atoms with Crippen molar-refractivity contribution in [3.8, 4) is 0 Å². The van der Waals surface area contributed by atoms with Gasteiger partial charge in [0, 0.05) is 24.3 Å². The highest BCUT2D eigenvalue weighted by atomic mass is 35.5. The minimum atomic E-state index is -0.295. The average Bonchev–Trinajstić information content (AvgIpc) is 2.80. The molecule has 0 aromatic heterocycles. The molecule has 1 atom stereocenters. The van der Waals surface area contributed by atoms with Crippen molar-refractivity contribution < 1.29 is 9.53 Å². The first-order valence-electron chi connectivity index (χ1n) is 7.41. The summed E-state index contributed by atoms with van der Waals surface area (Å²) in [6.07, 6.45) is 0.985. The van der Waals surface area contributed by atoms with E-state index in [0.29, 0.717) is 18.2 Å². The Bertz CT molecular complexity index is 544. The molecule has 6 heteroatoms. The number of hydrogen-bond acceptors (Lipinski definition) is 4. The number of ether oxygens (including phenoxy) is 1. The van der Waals surface area contributed by atoms with Crippen molar-refractivity contribution in [3.05, 3.63) is 22.7 Å². The molecule has 1 unspecified atom stereocenters. The lowest BCUT2D eigenvalue weighted by molar-refractivity contribution is -0.117. The van der Waals surface area contributed by atoms with Crippen LogP contribution in [0.1, 0.15) is 24.9 Å². The highest BCUT2D eigenvalue weighted by Crippen LogP contribution is 2.39. The number of nitrogens with one attached hydrogen (secondary N) is 2. The van der Waals surface area contributed by atoms with Crippen LogP contribution in [0.2, 0.25) is 5.02 Å². The number of nitrogens with zero attached hydrogens (tertiary/aromatic N) is 1. The van der Waals surface area contributed by atoms with Gasteiger partial charge in [0.1, 0.15) is 6.04 Å². The van der Waals surface area contributed by atoms with E-state index in [4.69, 9.17) is 16.3 Å². The van der Waals surface area contributed by atoms with Crippen molar-refractivity contribution in [2.45, 2.75) is 19.4 Å². The second-order valence-corrected chi connectivity index (χ2v) is 5.77.